The van der Waals surface area contributed by atoms with Gasteiger partial charge in [-0.2, -0.15) is 21.5 Å². The van der Waals surface area contributed by atoms with E-state index in [4.69, 9.17) is 4.98 Å². The number of carbonyl (C=O) groups excluding carboxylic acids is 1. The average molecular weight is 466 g/mol. The number of benzene rings is 1. The molecule has 1 aromatic carbocycles. The van der Waals surface area contributed by atoms with Gasteiger partial charge in [-0.05, 0) is 48.2 Å². The van der Waals surface area contributed by atoms with Gasteiger partial charge in [0.25, 0.3) is 11.9 Å². The van der Waals surface area contributed by atoms with Crippen molar-refractivity contribution in [3.05, 3.63) is 71.1 Å². The van der Waals surface area contributed by atoms with Crippen molar-refractivity contribution in [2.24, 2.45) is 0 Å². The molecule has 1 amide bonds. The first kappa shape index (κ1) is 20.8. The summed E-state index contributed by atoms with van der Waals surface area (Å²) in [5, 5.41) is 6.49. The molecule has 1 saturated heterocycles. The number of nitrogens with zero attached hydrogens (tertiary/aromatic N) is 5. The maximum atomic E-state index is 13.4. The van der Waals surface area contributed by atoms with Gasteiger partial charge < -0.3 is 4.90 Å². The fraction of sp³-hybridized carbons (Fsp3) is 0.217. The Morgan fingerprint density at radius 3 is 2.59 bits per heavy atom. The molecule has 32 heavy (non-hydrogen) atoms. The number of carbonyl (C=O) groups is 1. The van der Waals surface area contributed by atoms with E-state index < -0.39 is 0 Å². The molecule has 0 aliphatic carbocycles. The molecule has 162 valence electrons. The van der Waals surface area contributed by atoms with Crippen LogP contribution in [0.4, 0.5) is 4.39 Å². The lowest BCUT2D eigenvalue weighted by Crippen LogP contribution is -2.38. The second-order valence-electron chi connectivity index (χ2n) is 7.41. The molecule has 0 saturated carbocycles. The second-order valence-corrected chi connectivity index (χ2v) is 9.58. The van der Waals surface area contributed by atoms with E-state index in [1.54, 1.807) is 40.5 Å². The van der Waals surface area contributed by atoms with Gasteiger partial charge in [0, 0.05) is 36.4 Å². The van der Waals surface area contributed by atoms with E-state index in [9.17, 15) is 9.18 Å². The zero-order valence-corrected chi connectivity index (χ0v) is 19.0. The van der Waals surface area contributed by atoms with Gasteiger partial charge in [-0.3, -0.25) is 4.79 Å². The van der Waals surface area contributed by atoms with Gasteiger partial charge in [0.15, 0.2) is 0 Å². The molecule has 4 aromatic rings. The summed E-state index contributed by atoms with van der Waals surface area (Å²) in [6.45, 7) is 3.37. The van der Waals surface area contributed by atoms with Gasteiger partial charge in [-0.15, -0.1) is 11.3 Å². The highest BCUT2D eigenvalue weighted by molar-refractivity contribution is 7.99. The van der Waals surface area contributed by atoms with Crippen LogP contribution in [0.3, 0.4) is 0 Å². The third kappa shape index (κ3) is 3.93. The van der Waals surface area contributed by atoms with Gasteiger partial charge >= 0.3 is 0 Å². The highest BCUT2D eigenvalue weighted by atomic mass is 32.2. The lowest BCUT2D eigenvalue weighted by Gasteiger charge is -2.26. The minimum atomic E-state index is -0.299. The van der Waals surface area contributed by atoms with E-state index in [1.165, 1.54) is 12.1 Å². The molecule has 1 fully saturated rings. The summed E-state index contributed by atoms with van der Waals surface area (Å²) in [6, 6.07) is 10.1. The monoisotopic (exact) mass is 465 g/mol. The maximum Gasteiger partial charge on any atom is 0.257 e. The van der Waals surface area contributed by atoms with Crippen LogP contribution in [-0.4, -0.2) is 55.2 Å². The number of halogens is 1. The predicted octanol–water partition coefficient (Wildman–Crippen LogP) is 4.69. The van der Waals surface area contributed by atoms with Crippen molar-refractivity contribution in [3.63, 3.8) is 0 Å². The van der Waals surface area contributed by atoms with Crippen LogP contribution in [0.5, 0.6) is 0 Å². The Hall–Kier alpha value is -3.04. The summed E-state index contributed by atoms with van der Waals surface area (Å²) in [5.41, 5.74) is 3.60. The van der Waals surface area contributed by atoms with Crippen LogP contribution in [-0.2, 0) is 0 Å². The average Bonchev–Trinajstić information content (AvgIpc) is 3.50. The smallest absolute Gasteiger partial charge is 0.257 e. The molecule has 1 aliphatic heterocycles. The molecule has 5 rings (SSSR count). The van der Waals surface area contributed by atoms with Crippen molar-refractivity contribution in [2.75, 3.05) is 24.6 Å². The van der Waals surface area contributed by atoms with Crippen molar-refractivity contribution in [2.45, 2.75) is 6.92 Å². The lowest BCUT2D eigenvalue weighted by atomic mass is 10.1. The van der Waals surface area contributed by atoms with Gasteiger partial charge in [-0.1, -0.05) is 6.07 Å². The second kappa shape index (κ2) is 8.84. The zero-order valence-electron chi connectivity index (χ0n) is 17.4. The number of hydrogen-bond acceptors (Lipinski definition) is 6. The quantitative estimate of drug-likeness (QED) is 0.437. The van der Waals surface area contributed by atoms with Crippen LogP contribution in [0.2, 0.25) is 0 Å². The summed E-state index contributed by atoms with van der Waals surface area (Å²) in [5.74, 6) is 1.93. The minimum Gasteiger partial charge on any atom is -0.337 e. The first-order valence-electron chi connectivity index (χ1n) is 10.2. The van der Waals surface area contributed by atoms with Crippen molar-refractivity contribution < 1.29 is 9.18 Å². The summed E-state index contributed by atoms with van der Waals surface area (Å²) < 4.78 is 15.0. The molecule has 0 atom stereocenters. The Morgan fingerprint density at radius 2 is 1.88 bits per heavy atom. The molecule has 9 heteroatoms. The highest BCUT2D eigenvalue weighted by Gasteiger charge is 2.27. The van der Waals surface area contributed by atoms with Gasteiger partial charge in [0.2, 0.25) is 0 Å². The summed E-state index contributed by atoms with van der Waals surface area (Å²) in [6.07, 6.45) is 3.34. The normalized spacial score (nSPS) is 14.0. The molecule has 0 N–H and O–H groups in total. The van der Waals surface area contributed by atoms with E-state index >= 15 is 0 Å². The predicted molar refractivity (Wildman–Crippen MR) is 126 cm³/mol. The zero-order chi connectivity index (χ0) is 22.1. The molecule has 1 aliphatic rings. The van der Waals surface area contributed by atoms with Crippen molar-refractivity contribution in [1.82, 2.24) is 24.6 Å². The Bertz CT molecular complexity index is 1250. The number of thioether (sulfide) groups is 1. The number of thiophene rings is 1. The van der Waals surface area contributed by atoms with E-state index in [-0.39, 0.29) is 11.7 Å². The Kier molecular flexibility index (Phi) is 5.75. The molecule has 0 radical (unpaired) electrons. The van der Waals surface area contributed by atoms with Crippen LogP contribution >= 0.6 is 23.1 Å². The standard InChI is InChI=1S/C23H20FN5OS2/c1-15-13-25-23(27-20(15)16-4-6-17(24)7-5-16)29-21(19-3-2-10-32-19)18(14-26-29)22(30)28-8-11-31-12-9-28/h2-7,10,13-14H,8-9,11-12H2,1H3. The van der Waals surface area contributed by atoms with Crippen LogP contribution in [0, 0.1) is 12.7 Å². The topological polar surface area (TPSA) is 63.9 Å². The first-order chi connectivity index (χ1) is 15.6. The molecule has 6 nitrogen and oxygen atoms in total. The number of hydrogen-bond donors (Lipinski definition) is 0. The number of amides is 1. The lowest BCUT2D eigenvalue weighted by molar-refractivity contribution is 0.0773. The SMILES string of the molecule is Cc1cnc(-n2ncc(C(=O)N3CCSCC3)c2-c2cccs2)nc1-c1ccc(F)cc1. The molecular weight excluding hydrogens is 445 g/mol. The molecule has 0 spiro atoms. The highest BCUT2D eigenvalue weighted by Crippen LogP contribution is 2.31. The van der Waals surface area contributed by atoms with Gasteiger partial charge in [0.1, 0.15) is 11.5 Å². The van der Waals surface area contributed by atoms with Crippen LogP contribution in [0.15, 0.2) is 54.2 Å². The maximum absolute atomic E-state index is 13.4. The minimum absolute atomic E-state index is 0.0224. The fourth-order valence-corrected chi connectivity index (χ4v) is 5.35. The van der Waals surface area contributed by atoms with Gasteiger partial charge in [0.05, 0.1) is 22.3 Å². The third-order valence-corrected chi connectivity index (χ3v) is 7.14. The van der Waals surface area contributed by atoms with Crippen molar-refractivity contribution in [1.29, 1.82) is 0 Å². The molecule has 0 bridgehead atoms. The van der Waals surface area contributed by atoms with E-state index in [0.717, 1.165) is 40.6 Å². The van der Waals surface area contributed by atoms with Crippen LogP contribution < -0.4 is 0 Å². The van der Waals surface area contributed by atoms with Gasteiger partial charge in [-0.25, -0.2) is 14.4 Å². The van der Waals surface area contributed by atoms with Crippen LogP contribution in [0.25, 0.3) is 27.8 Å². The molecule has 3 aromatic heterocycles. The van der Waals surface area contributed by atoms with E-state index in [2.05, 4.69) is 10.1 Å². The Morgan fingerprint density at radius 1 is 1.09 bits per heavy atom. The van der Waals surface area contributed by atoms with Crippen molar-refractivity contribution in [3.8, 4) is 27.8 Å². The molecule has 4 heterocycles. The largest absolute Gasteiger partial charge is 0.337 e. The number of rotatable bonds is 4. The molecule has 0 unspecified atom stereocenters. The Balaban J connectivity index is 1.61. The van der Waals surface area contributed by atoms with E-state index in [0.29, 0.717) is 22.9 Å². The number of aromatic nitrogens is 4. The summed E-state index contributed by atoms with van der Waals surface area (Å²) >= 11 is 3.40. The summed E-state index contributed by atoms with van der Waals surface area (Å²) in [7, 11) is 0. The fourth-order valence-electron chi connectivity index (χ4n) is 3.68. The first-order valence-corrected chi connectivity index (χ1v) is 12.2. The van der Waals surface area contributed by atoms with E-state index in [1.807, 2.05) is 41.1 Å². The Labute approximate surface area is 193 Å². The summed E-state index contributed by atoms with van der Waals surface area (Å²) in [4.78, 5) is 25.4. The number of aryl methyl sites for hydroxylation is 1. The third-order valence-electron chi connectivity index (χ3n) is 5.32. The van der Waals surface area contributed by atoms with Crippen LogP contribution in [0.1, 0.15) is 15.9 Å². The molecular formula is C23H20FN5OS2. The van der Waals surface area contributed by atoms with Crippen molar-refractivity contribution >= 4 is 29.0 Å².